The molecule has 1 aromatic heterocycles. The topological polar surface area (TPSA) is 126 Å². The third kappa shape index (κ3) is 3.86. The number of fused-ring (bicyclic) bond motifs is 1. The van der Waals surface area contributed by atoms with E-state index in [-0.39, 0.29) is 23.8 Å². The van der Waals surface area contributed by atoms with Gasteiger partial charge in [0.15, 0.2) is 0 Å². The van der Waals surface area contributed by atoms with E-state index in [1.165, 1.54) is 30.1 Å². The lowest BCUT2D eigenvalue weighted by molar-refractivity contribution is -0.384. The molecule has 3 rings (SSSR count). The smallest absolute Gasteiger partial charge is 0.313 e. The van der Waals surface area contributed by atoms with Gasteiger partial charge in [0, 0.05) is 23.6 Å². The largest absolute Gasteiger partial charge is 0.324 e. The maximum Gasteiger partial charge on any atom is 0.313 e. The van der Waals surface area contributed by atoms with Crippen LogP contribution in [0, 0.1) is 10.1 Å². The molecule has 1 atom stereocenters. The van der Waals surface area contributed by atoms with Gasteiger partial charge in [0.05, 0.1) is 15.9 Å². The number of thioether (sulfide) groups is 1. The summed E-state index contributed by atoms with van der Waals surface area (Å²) in [6.07, 6.45) is 1.28. The molecule has 0 saturated heterocycles. The van der Waals surface area contributed by atoms with E-state index in [1.54, 1.807) is 6.07 Å². The van der Waals surface area contributed by atoms with Crippen molar-refractivity contribution >= 4 is 40.8 Å². The predicted molar refractivity (Wildman–Crippen MR) is 92.0 cm³/mol. The Kier molecular flexibility index (Phi) is 4.80. The van der Waals surface area contributed by atoms with Crippen molar-refractivity contribution in [3.8, 4) is 0 Å². The quantitative estimate of drug-likeness (QED) is 0.550. The van der Waals surface area contributed by atoms with Gasteiger partial charge in [0.2, 0.25) is 17.6 Å². The first kappa shape index (κ1) is 16.7. The Morgan fingerprint density at radius 3 is 2.92 bits per heavy atom. The number of nitro groups is 1. The van der Waals surface area contributed by atoms with Gasteiger partial charge < -0.3 is 5.32 Å². The van der Waals surface area contributed by atoms with Gasteiger partial charge in [-0.3, -0.25) is 30.6 Å². The van der Waals surface area contributed by atoms with Crippen LogP contribution in [0.5, 0.6) is 0 Å². The standard InChI is InChI=1S/C15H13N5O4S/c21-13(18-19-14-10(20(23)24)5-3-7-16-14)8-12-15(22)17-9-4-1-2-6-11(9)25-12/h1-7,12H,8H2,(H,16,19)(H,17,22)(H,18,21)/t12-/m1/s1. The Bertz CT molecular complexity index is 844. The highest BCUT2D eigenvalue weighted by atomic mass is 32.2. The van der Waals surface area contributed by atoms with Gasteiger partial charge in [-0.05, 0) is 18.2 Å². The molecule has 2 aromatic rings. The summed E-state index contributed by atoms with van der Waals surface area (Å²) in [5.74, 6) is -0.818. The molecule has 25 heavy (non-hydrogen) atoms. The summed E-state index contributed by atoms with van der Waals surface area (Å²) in [5, 5.41) is 13.1. The fourth-order valence-electron chi connectivity index (χ4n) is 2.22. The van der Waals surface area contributed by atoms with Crippen molar-refractivity contribution in [1.82, 2.24) is 10.4 Å². The van der Waals surface area contributed by atoms with Crippen molar-refractivity contribution in [2.75, 3.05) is 10.7 Å². The highest BCUT2D eigenvalue weighted by Gasteiger charge is 2.29. The van der Waals surface area contributed by atoms with Crippen molar-refractivity contribution in [2.45, 2.75) is 16.6 Å². The summed E-state index contributed by atoms with van der Waals surface area (Å²) in [7, 11) is 0. The van der Waals surface area contributed by atoms with Crippen LogP contribution in [-0.4, -0.2) is 27.0 Å². The average Bonchev–Trinajstić information content (AvgIpc) is 2.60. The Hall–Kier alpha value is -3.14. The minimum absolute atomic E-state index is 0.0769. The number of amides is 2. The number of hydrogen-bond donors (Lipinski definition) is 3. The molecular weight excluding hydrogens is 346 g/mol. The van der Waals surface area contributed by atoms with Crippen LogP contribution >= 0.6 is 11.8 Å². The molecule has 1 aliphatic rings. The maximum atomic E-state index is 12.1. The van der Waals surface area contributed by atoms with Crippen molar-refractivity contribution in [3.63, 3.8) is 0 Å². The molecule has 2 heterocycles. The van der Waals surface area contributed by atoms with Crippen LogP contribution in [-0.2, 0) is 9.59 Å². The minimum Gasteiger partial charge on any atom is -0.324 e. The highest BCUT2D eigenvalue weighted by molar-refractivity contribution is 8.01. The summed E-state index contributed by atoms with van der Waals surface area (Å²) in [6.45, 7) is 0. The first-order valence-corrected chi connectivity index (χ1v) is 8.13. The molecule has 10 heteroatoms. The van der Waals surface area contributed by atoms with Gasteiger partial charge in [-0.15, -0.1) is 11.8 Å². The molecule has 0 bridgehead atoms. The summed E-state index contributed by atoms with van der Waals surface area (Å²) in [6, 6.07) is 10.0. The zero-order valence-corrected chi connectivity index (χ0v) is 13.6. The summed E-state index contributed by atoms with van der Waals surface area (Å²) >= 11 is 1.30. The molecule has 128 valence electrons. The van der Waals surface area contributed by atoms with E-state index in [1.807, 2.05) is 18.2 Å². The third-order valence-corrected chi connectivity index (χ3v) is 4.66. The van der Waals surface area contributed by atoms with E-state index >= 15 is 0 Å². The fraction of sp³-hybridized carbons (Fsp3) is 0.133. The van der Waals surface area contributed by atoms with Crippen LogP contribution < -0.4 is 16.2 Å². The second kappa shape index (κ2) is 7.18. The van der Waals surface area contributed by atoms with Crippen LogP contribution in [0.1, 0.15) is 6.42 Å². The van der Waals surface area contributed by atoms with Crippen molar-refractivity contribution in [1.29, 1.82) is 0 Å². The number of nitrogens with zero attached hydrogens (tertiary/aromatic N) is 2. The molecule has 0 fully saturated rings. The van der Waals surface area contributed by atoms with Crippen molar-refractivity contribution in [2.24, 2.45) is 0 Å². The Morgan fingerprint density at radius 2 is 2.12 bits per heavy atom. The molecule has 1 aromatic carbocycles. The average molecular weight is 359 g/mol. The lowest BCUT2D eigenvalue weighted by Crippen LogP contribution is -2.37. The van der Waals surface area contributed by atoms with Crippen LogP contribution in [0.15, 0.2) is 47.5 Å². The first-order valence-electron chi connectivity index (χ1n) is 7.25. The summed E-state index contributed by atoms with van der Waals surface area (Å²) < 4.78 is 0. The number of hydrogen-bond acceptors (Lipinski definition) is 7. The second-order valence-corrected chi connectivity index (χ2v) is 6.34. The minimum atomic E-state index is -0.608. The van der Waals surface area contributed by atoms with E-state index in [9.17, 15) is 19.7 Å². The molecule has 0 unspecified atom stereocenters. The fourth-order valence-corrected chi connectivity index (χ4v) is 3.33. The highest BCUT2D eigenvalue weighted by Crippen LogP contribution is 2.36. The number of rotatable bonds is 5. The van der Waals surface area contributed by atoms with E-state index in [2.05, 4.69) is 21.2 Å². The molecule has 0 aliphatic carbocycles. The lowest BCUT2D eigenvalue weighted by Gasteiger charge is -2.23. The molecule has 9 nitrogen and oxygen atoms in total. The summed E-state index contributed by atoms with van der Waals surface area (Å²) in [4.78, 5) is 39.1. The number of anilines is 2. The zero-order valence-electron chi connectivity index (χ0n) is 12.8. The molecular formula is C15H13N5O4S. The number of hydrazine groups is 1. The van der Waals surface area contributed by atoms with Gasteiger partial charge in [-0.25, -0.2) is 4.98 Å². The first-order chi connectivity index (χ1) is 12.0. The molecule has 1 aliphatic heterocycles. The number of benzene rings is 1. The van der Waals surface area contributed by atoms with Gasteiger partial charge in [-0.2, -0.15) is 0 Å². The molecule has 0 radical (unpaired) electrons. The van der Waals surface area contributed by atoms with Crippen molar-refractivity contribution < 1.29 is 14.5 Å². The predicted octanol–water partition coefficient (Wildman–Crippen LogP) is 1.94. The molecule has 3 N–H and O–H groups in total. The van der Waals surface area contributed by atoms with Gasteiger partial charge in [0.25, 0.3) is 0 Å². The monoisotopic (exact) mass is 359 g/mol. The SMILES string of the molecule is O=C(C[C@H]1Sc2ccccc2NC1=O)NNc1ncccc1[N+](=O)[O-]. The number of pyridine rings is 1. The lowest BCUT2D eigenvalue weighted by atomic mass is 10.2. The van der Waals surface area contributed by atoms with E-state index in [4.69, 9.17) is 0 Å². The van der Waals surface area contributed by atoms with E-state index in [0.29, 0.717) is 0 Å². The molecule has 0 saturated carbocycles. The van der Waals surface area contributed by atoms with E-state index < -0.39 is 16.1 Å². The molecule has 0 spiro atoms. The molecule has 2 amide bonds. The third-order valence-electron chi connectivity index (χ3n) is 3.38. The van der Waals surface area contributed by atoms with E-state index in [0.717, 1.165) is 10.6 Å². The number of aromatic nitrogens is 1. The van der Waals surface area contributed by atoms with Crippen LogP contribution in [0.4, 0.5) is 17.2 Å². The normalized spacial score (nSPS) is 15.7. The number of nitrogens with one attached hydrogen (secondary N) is 3. The summed E-state index contributed by atoms with van der Waals surface area (Å²) in [5.41, 5.74) is 5.22. The number of carbonyl (C=O) groups is 2. The Balaban J connectivity index is 1.60. The van der Waals surface area contributed by atoms with Crippen LogP contribution in [0.25, 0.3) is 0 Å². The van der Waals surface area contributed by atoms with Gasteiger partial charge in [0.1, 0.15) is 0 Å². The second-order valence-electron chi connectivity index (χ2n) is 5.10. The zero-order chi connectivity index (χ0) is 17.8. The van der Waals surface area contributed by atoms with Crippen LogP contribution in [0.3, 0.4) is 0 Å². The van der Waals surface area contributed by atoms with Gasteiger partial charge >= 0.3 is 5.69 Å². The van der Waals surface area contributed by atoms with Crippen molar-refractivity contribution in [3.05, 3.63) is 52.7 Å². The Morgan fingerprint density at radius 1 is 1.32 bits per heavy atom. The van der Waals surface area contributed by atoms with Crippen LogP contribution in [0.2, 0.25) is 0 Å². The van der Waals surface area contributed by atoms with Gasteiger partial charge in [-0.1, -0.05) is 12.1 Å². The number of carbonyl (C=O) groups excluding carboxylic acids is 2. The Labute approximate surface area is 146 Å². The number of para-hydroxylation sites is 1. The maximum absolute atomic E-state index is 12.1.